The van der Waals surface area contributed by atoms with E-state index in [9.17, 15) is 9.90 Å². The first-order chi connectivity index (χ1) is 13.6. The van der Waals surface area contributed by atoms with Crippen LogP contribution in [0.25, 0.3) is 10.4 Å². The van der Waals surface area contributed by atoms with Crippen LogP contribution in [0.2, 0.25) is 0 Å². The number of nitrogens with zero attached hydrogens (tertiary/aromatic N) is 6. The van der Waals surface area contributed by atoms with Crippen molar-refractivity contribution >= 4 is 11.7 Å². The number of aliphatic hydroxyl groups is 1. The lowest BCUT2D eigenvalue weighted by Crippen LogP contribution is -2.10. The molecule has 2 aliphatic rings. The molecule has 1 unspecified atom stereocenters. The normalized spacial score (nSPS) is 22.9. The molecule has 0 aliphatic heterocycles. The molecule has 0 spiro atoms. The van der Waals surface area contributed by atoms with Gasteiger partial charge in [0, 0.05) is 17.2 Å². The number of rotatable bonds is 5. The van der Waals surface area contributed by atoms with Gasteiger partial charge in [0.2, 0.25) is 0 Å². The van der Waals surface area contributed by atoms with Crippen LogP contribution >= 0.6 is 0 Å². The summed E-state index contributed by atoms with van der Waals surface area (Å²) in [5.41, 5.74) is 12.3. The number of aromatic nitrogens is 3. The fourth-order valence-corrected chi connectivity index (χ4v) is 4.50. The van der Waals surface area contributed by atoms with Gasteiger partial charge in [0.05, 0.1) is 30.6 Å². The molecule has 1 heterocycles. The third-order valence-corrected chi connectivity index (χ3v) is 5.96. The van der Waals surface area contributed by atoms with Crippen LogP contribution in [0, 0.1) is 17.8 Å². The van der Waals surface area contributed by atoms with Gasteiger partial charge in [0.1, 0.15) is 0 Å². The maximum absolute atomic E-state index is 11.9. The van der Waals surface area contributed by atoms with Crippen molar-refractivity contribution in [3.63, 3.8) is 0 Å². The van der Waals surface area contributed by atoms with Gasteiger partial charge in [0.25, 0.3) is 0 Å². The standard InChI is InChI=1S/C19H22N6O3/c1-28-19(27)12-6-11(7-13(8-12)21-23-20)9-25-18-5-3-15-14(16(15)10-26)2-4-17(18)22-24-25/h6-8,14-16,26H,2-5,9-10H2,1H3/t14-,15+,16?/m1/s1. The first-order valence-corrected chi connectivity index (χ1v) is 9.44. The van der Waals surface area contributed by atoms with Gasteiger partial charge in [0.15, 0.2) is 0 Å². The SMILES string of the molecule is COC(=O)c1cc(Cn2nnc3c2CC[C@@H]2C(CO)[C@@H]2CC3)cc(N=[N+]=[N-])c1. The number of aliphatic hydroxyl groups excluding tert-OH is 1. The van der Waals surface area contributed by atoms with E-state index in [1.807, 2.05) is 4.68 Å². The molecule has 3 atom stereocenters. The molecule has 1 aromatic heterocycles. The van der Waals surface area contributed by atoms with Crippen molar-refractivity contribution in [3.05, 3.63) is 51.2 Å². The molecule has 0 saturated heterocycles. The molecule has 4 rings (SSSR count). The van der Waals surface area contributed by atoms with Crippen LogP contribution in [-0.2, 0) is 24.1 Å². The summed E-state index contributed by atoms with van der Waals surface area (Å²) in [7, 11) is 1.31. The number of carbonyl (C=O) groups is 1. The highest BCUT2D eigenvalue weighted by Gasteiger charge is 2.49. The number of benzene rings is 1. The van der Waals surface area contributed by atoms with Gasteiger partial charge in [-0.25, -0.2) is 9.48 Å². The molecule has 0 radical (unpaired) electrons. The van der Waals surface area contributed by atoms with E-state index in [4.69, 9.17) is 10.3 Å². The number of esters is 1. The Balaban J connectivity index is 1.60. The fourth-order valence-electron chi connectivity index (χ4n) is 4.50. The van der Waals surface area contributed by atoms with Crippen LogP contribution in [0.15, 0.2) is 23.3 Å². The minimum absolute atomic E-state index is 0.272. The van der Waals surface area contributed by atoms with Crippen molar-refractivity contribution in [2.75, 3.05) is 13.7 Å². The Hall–Kier alpha value is -2.90. The Kier molecular flexibility index (Phi) is 5.02. The average Bonchev–Trinajstić information content (AvgIpc) is 3.22. The van der Waals surface area contributed by atoms with E-state index in [1.165, 1.54) is 13.2 Å². The van der Waals surface area contributed by atoms with Gasteiger partial charge in [-0.2, -0.15) is 0 Å². The minimum Gasteiger partial charge on any atom is -0.465 e. The van der Waals surface area contributed by atoms with Crippen molar-refractivity contribution in [1.82, 2.24) is 15.0 Å². The molecule has 1 fully saturated rings. The van der Waals surface area contributed by atoms with E-state index < -0.39 is 5.97 Å². The number of hydrogen-bond donors (Lipinski definition) is 1. The van der Waals surface area contributed by atoms with E-state index in [-0.39, 0.29) is 6.61 Å². The van der Waals surface area contributed by atoms with Crippen molar-refractivity contribution < 1.29 is 14.6 Å². The van der Waals surface area contributed by atoms with Gasteiger partial charge < -0.3 is 9.84 Å². The molecule has 1 N–H and O–H groups in total. The summed E-state index contributed by atoms with van der Waals surface area (Å²) < 4.78 is 6.65. The third kappa shape index (κ3) is 3.46. The number of azide groups is 1. The zero-order chi connectivity index (χ0) is 19.7. The zero-order valence-electron chi connectivity index (χ0n) is 15.7. The van der Waals surface area contributed by atoms with Gasteiger partial charge in [-0.3, -0.25) is 0 Å². The van der Waals surface area contributed by atoms with E-state index in [0.717, 1.165) is 42.6 Å². The minimum atomic E-state index is -0.486. The summed E-state index contributed by atoms with van der Waals surface area (Å²) in [5, 5.41) is 21.8. The van der Waals surface area contributed by atoms with Gasteiger partial charge in [-0.05, 0) is 72.7 Å². The Morgan fingerprint density at radius 1 is 1.36 bits per heavy atom. The van der Waals surface area contributed by atoms with E-state index in [0.29, 0.717) is 35.5 Å². The van der Waals surface area contributed by atoms with Gasteiger partial charge >= 0.3 is 5.97 Å². The molecule has 9 heteroatoms. The summed E-state index contributed by atoms with van der Waals surface area (Å²) in [6.45, 7) is 0.701. The maximum atomic E-state index is 11.9. The number of aryl methyl sites for hydroxylation is 1. The van der Waals surface area contributed by atoms with E-state index in [2.05, 4.69) is 20.3 Å². The van der Waals surface area contributed by atoms with E-state index >= 15 is 0 Å². The Bertz CT molecular complexity index is 949. The van der Waals surface area contributed by atoms with Crippen LogP contribution in [0.4, 0.5) is 5.69 Å². The highest BCUT2D eigenvalue weighted by Crippen LogP contribution is 2.52. The molecule has 2 aliphatic carbocycles. The van der Waals surface area contributed by atoms with Crippen molar-refractivity contribution in [2.45, 2.75) is 32.2 Å². The third-order valence-electron chi connectivity index (χ3n) is 5.96. The number of ether oxygens (including phenoxy) is 1. The molecule has 28 heavy (non-hydrogen) atoms. The lowest BCUT2D eigenvalue weighted by atomic mass is 10.0. The largest absolute Gasteiger partial charge is 0.465 e. The molecular formula is C19H22N6O3. The van der Waals surface area contributed by atoms with Crippen molar-refractivity contribution in [1.29, 1.82) is 0 Å². The number of fused-ring (bicyclic) bond motifs is 2. The van der Waals surface area contributed by atoms with Crippen LogP contribution in [0.3, 0.4) is 0 Å². The Morgan fingerprint density at radius 3 is 2.86 bits per heavy atom. The second-order valence-electron chi connectivity index (χ2n) is 7.46. The van der Waals surface area contributed by atoms with Crippen LogP contribution in [0.5, 0.6) is 0 Å². The number of carbonyl (C=O) groups excluding carboxylic acids is 1. The Morgan fingerprint density at radius 2 is 2.14 bits per heavy atom. The highest BCUT2D eigenvalue weighted by atomic mass is 16.5. The smallest absolute Gasteiger partial charge is 0.337 e. The van der Waals surface area contributed by atoms with Crippen molar-refractivity contribution in [3.8, 4) is 0 Å². The monoisotopic (exact) mass is 382 g/mol. The lowest BCUT2D eigenvalue weighted by Gasteiger charge is -2.12. The summed E-state index contributed by atoms with van der Waals surface area (Å²) in [6.07, 6.45) is 3.82. The summed E-state index contributed by atoms with van der Waals surface area (Å²) >= 11 is 0. The molecule has 0 amide bonds. The molecule has 0 bridgehead atoms. The average molecular weight is 382 g/mol. The number of hydrogen-bond acceptors (Lipinski definition) is 6. The number of methoxy groups -OCH3 is 1. The second kappa shape index (κ2) is 7.61. The fraction of sp³-hybridized carbons (Fsp3) is 0.526. The molecule has 1 aromatic carbocycles. The molecular weight excluding hydrogens is 360 g/mol. The summed E-state index contributed by atoms with van der Waals surface area (Å²) in [5.74, 6) is 1.17. The highest BCUT2D eigenvalue weighted by molar-refractivity contribution is 5.90. The molecule has 146 valence electrons. The van der Waals surface area contributed by atoms with Crippen LogP contribution in [-0.4, -0.2) is 39.8 Å². The summed E-state index contributed by atoms with van der Waals surface area (Å²) in [6, 6.07) is 4.96. The van der Waals surface area contributed by atoms with Crippen molar-refractivity contribution in [2.24, 2.45) is 22.9 Å². The predicted octanol–water partition coefficient (Wildman–Crippen LogP) is 2.79. The Labute approximate surface area is 161 Å². The zero-order valence-corrected chi connectivity index (χ0v) is 15.7. The molecule has 1 saturated carbocycles. The quantitative estimate of drug-likeness (QED) is 0.368. The van der Waals surface area contributed by atoms with Gasteiger partial charge in [-0.15, -0.1) is 5.10 Å². The second-order valence-corrected chi connectivity index (χ2v) is 7.46. The summed E-state index contributed by atoms with van der Waals surface area (Å²) in [4.78, 5) is 14.7. The maximum Gasteiger partial charge on any atom is 0.337 e. The van der Waals surface area contributed by atoms with Gasteiger partial charge in [-0.1, -0.05) is 10.3 Å². The van der Waals surface area contributed by atoms with E-state index in [1.54, 1.807) is 12.1 Å². The lowest BCUT2D eigenvalue weighted by molar-refractivity contribution is 0.0600. The predicted molar refractivity (Wildman–Crippen MR) is 99.9 cm³/mol. The molecule has 9 nitrogen and oxygen atoms in total. The first-order valence-electron chi connectivity index (χ1n) is 9.44. The van der Waals surface area contributed by atoms with Crippen LogP contribution in [0.1, 0.15) is 40.2 Å². The topological polar surface area (TPSA) is 126 Å². The first kappa shape index (κ1) is 18.5. The van der Waals surface area contributed by atoms with Crippen LogP contribution < -0.4 is 0 Å². The molecule has 2 aromatic rings.